The summed E-state index contributed by atoms with van der Waals surface area (Å²) in [5.74, 6) is 1.10. The predicted molar refractivity (Wildman–Crippen MR) is 61.3 cm³/mol. The van der Waals surface area contributed by atoms with E-state index in [1.54, 1.807) is 24.9 Å². The molecule has 0 saturated heterocycles. The molecule has 0 N–H and O–H groups in total. The summed E-state index contributed by atoms with van der Waals surface area (Å²) in [7, 11) is 3.11. The molecule has 0 atom stereocenters. The number of methoxy groups -OCH3 is 2. The van der Waals surface area contributed by atoms with Crippen molar-refractivity contribution in [3.8, 4) is 11.5 Å². The molecular formula is C11H14O3S. The molecule has 1 aromatic rings. The Morgan fingerprint density at radius 3 is 2.20 bits per heavy atom. The van der Waals surface area contributed by atoms with E-state index in [0.29, 0.717) is 17.1 Å². The normalized spacial score (nSPS) is 9.87. The first-order valence-corrected chi connectivity index (χ1v) is 5.68. The number of Topliss-reactive ketones (excluding diaryl/α,β-unsaturated/α-hetero) is 1. The van der Waals surface area contributed by atoms with E-state index in [2.05, 4.69) is 0 Å². The Labute approximate surface area is 93.8 Å². The van der Waals surface area contributed by atoms with Crippen LogP contribution in [0.25, 0.3) is 0 Å². The van der Waals surface area contributed by atoms with Crippen LogP contribution in [0.15, 0.2) is 17.0 Å². The minimum atomic E-state index is -0.0298. The first-order chi connectivity index (χ1) is 7.15. The number of hydrogen-bond donors (Lipinski definition) is 0. The summed E-state index contributed by atoms with van der Waals surface area (Å²) in [5.41, 5.74) is 0.548. The van der Waals surface area contributed by atoms with Gasteiger partial charge in [-0.3, -0.25) is 4.79 Å². The molecule has 0 radical (unpaired) electrons. The van der Waals surface area contributed by atoms with Gasteiger partial charge in [-0.05, 0) is 25.3 Å². The van der Waals surface area contributed by atoms with Crippen molar-refractivity contribution in [1.29, 1.82) is 0 Å². The Morgan fingerprint density at radius 1 is 1.20 bits per heavy atom. The van der Waals surface area contributed by atoms with Crippen LogP contribution < -0.4 is 9.47 Å². The fourth-order valence-corrected chi connectivity index (χ4v) is 1.94. The number of ketones is 1. The second kappa shape index (κ2) is 5.07. The van der Waals surface area contributed by atoms with Crippen LogP contribution in [0, 0.1) is 0 Å². The van der Waals surface area contributed by atoms with Crippen molar-refractivity contribution in [1.82, 2.24) is 0 Å². The highest BCUT2D eigenvalue weighted by Crippen LogP contribution is 2.39. The van der Waals surface area contributed by atoms with Gasteiger partial charge in [0, 0.05) is 0 Å². The van der Waals surface area contributed by atoms with E-state index in [9.17, 15) is 4.79 Å². The first-order valence-electron chi connectivity index (χ1n) is 4.45. The van der Waals surface area contributed by atoms with Crippen LogP contribution in [-0.2, 0) is 0 Å². The summed E-state index contributed by atoms with van der Waals surface area (Å²) in [6.45, 7) is 1.51. The quantitative estimate of drug-likeness (QED) is 0.584. The third kappa shape index (κ3) is 2.26. The number of carbonyl (C=O) groups is 1. The first kappa shape index (κ1) is 11.9. The summed E-state index contributed by atoms with van der Waals surface area (Å²) >= 11 is 1.55. The second-order valence-electron chi connectivity index (χ2n) is 2.94. The van der Waals surface area contributed by atoms with E-state index < -0.39 is 0 Å². The Morgan fingerprint density at radius 2 is 1.80 bits per heavy atom. The Kier molecular flexibility index (Phi) is 4.03. The second-order valence-corrected chi connectivity index (χ2v) is 3.79. The van der Waals surface area contributed by atoms with Gasteiger partial charge in [0.15, 0.2) is 17.3 Å². The Hall–Kier alpha value is -1.16. The van der Waals surface area contributed by atoms with Gasteiger partial charge in [-0.15, -0.1) is 11.8 Å². The fraction of sp³-hybridized carbons (Fsp3) is 0.364. The van der Waals surface area contributed by atoms with Gasteiger partial charge < -0.3 is 9.47 Å². The molecule has 0 aliphatic heterocycles. The highest BCUT2D eigenvalue weighted by molar-refractivity contribution is 7.98. The molecule has 0 aliphatic carbocycles. The highest BCUT2D eigenvalue weighted by Gasteiger charge is 2.16. The van der Waals surface area contributed by atoms with Crippen molar-refractivity contribution >= 4 is 17.5 Å². The molecule has 0 spiro atoms. The van der Waals surface area contributed by atoms with E-state index >= 15 is 0 Å². The van der Waals surface area contributed by atoms with Gasteiger partial charge in [0.25, 0.3) is 0 Å². The number of carbonyl (C=O) groups excluding carboxylic acids is 1. The zero-order valence-corrected chi connectivity index (χ0v) is 10.1. The zero-order valence-electron chi connectivity index (χ0n) is 9.29. The summed E-state index contributed by atoms with van der Waals surface area (Å²) in [5, 5.41) is 0. The average molecular weight is 226 g/mol. The minimum Gasteiger partial charge on any atom is -0.492 e. The summed E-state index contributed by atoms with van der Waals surface area (Å²) in [4.78, 5) is 12.3. The van der Waals surface area contributed by atoms with Crippen molar-refractivity contribution in [2.75, 3.05) is 20.5 Å². The topological polar surface area (TPSA) is 35.5 Å². The van der Waals surface area contributed by atoms with E-state index in [1.807, 2.05) is 12.3 Å². The van der Waals surface area contributed by atoms with Crippen LogP contribution >= 0.6 is 11.8 Å². The number of ether oxygens (including phenoxy) is 2. The number of thioether (sulfide) groups is 1. The molecule has 1 rings (SSSR count). The van der Waals surface area contributed by atoms with Crippen molar-refractivity contribution < 1.29 is 14.3 Å². The summed E-state index contributed by atoms with van der Waals surface area (Å²) in [6, 6.07) is 3.62. The predicted octanol–water partition coefficient (Wildman–Crippen LogP) is 2.63. The van der Waals surface area contributed by atoms with Crippen molar-refractivity contribution in [3.05, 3.63) is 17.7 Å². The fourth-order valence-electron chi connectivity index (χ4n) is 1.38. The van der Waals surface area contributed by atoms with Crippen LogP contribution in [0.4, 0.5) is 0 Å². The summed E-state index contributed by atoms with van der Waals surface area (Å²) in [6.07, 6.45) is 1.95. The van der Waals surface area contributed by atoms with E-state index in [-0.39, 0.29) is 5.78 Å². The van der Waals surface area contributed by atoms with Crippen molar-refractivity contribution in [3.63, 3.8) is 0 Å². The maximum Gasteiger partial charge on any atom is 0.175 e. The lowest BCUT2D eigenvalue weighted by molar-refractivity contribution is 0.101. The largest absolute Gasteiger partial charge is 0.492 e. The van der Waals surface area contributed by atoms with Gasteiger partial charge in [0.2, 0.25) is 0 Å². The summed E-state index contributed by atoms with van der Waals surface area (Å²) < 4.78 is 10.5. The minimum absolute atomic E-state index is 0.0298. The maximum atomic E-state index is 11.4. The van der Waals surface area contributed by atoms with E-state index in [0.717, 1.165) is 4.90 Å². The Bertz CT molecular complexity index is 374. The molecule has 0 aromatic heterocycles. The van der Waals surface area contributed by atoms with Gasteiger partial charge >= 0.3 is 0 Å². The zero-order chi connectivity index (χ0) is 11.4. The van der Waals surface area contributed by atoms with Crippen LogP contribution in [0.2, 0.25) is 0 Å². The van der Waals surface area contributed by atoms with Crippen LogP contribution in [0.5, 0.6) is 11.5 Å². The van der Waals surface area contributed by atoms with E-state index in [4.69, 9.17) is 9.47 Å². The average Bonchev–Trinajstić information content (AvgIpc) is 2.26. The lowest BCUT2D eigenvalue weighted by atomic mass is 10.1. The molecule has 4 heteroatoms. The van der Waals surface area contributed by atoms with Crippen LogP contribution in [-0.4, -0.2) is 26.3 Å². The van der Waals surface area contributed by atoms with Gasteiger partial charge in [0.1, 0.15) is 0 Å². The molecule has 0 unspecified atom stereocenters. The lowest BCUT2D eigenvalue weighted by Gasteiger charge is -2.13. The standard InChI is InChI=1S/C11H14O3S/c1-7(12)8-5-6-9(15-4)11(14-3)10(8)13-2/h5-6H,1-4H3. The van der Waals surface area contributed by atoms with Gasteiger partial charge in [-0.25, -0.2) is 0 Å². The number of benzene rings is 1. The molecule has 0 aliphatic rings. The molecule has 0 fully saturated rings. The molecule has 0 bridgehead atoms. The van der Waals surface area contributed by atoms with Gasteiger partial charge in [-0.2, -0.15) is 0 Å². The smallest absolute Gasteiger partial charge is 0.175 e. The molecule has 82 valence electrons. The van der Waals surface area contributed by atoms with Crippen molar-refractivity contribution in [2.45, 2.75) is 11.8 Å². The third-order valence-electron chi connectivity index (χ3n) is 2.08. The van der Waals surface area contributed by atoms with Gasteiger partial charge in [0.05, 0.1) is 24.7 Å². The van der Waals surface area contributed by atoms with Crippen LogP contribution in [0.3, 0.4) is 0 Å². The van der Waals surface area contributed by atoms with Crippen LogP contribution in [0.1, 0.15) is 17.3 Å². The molecular weight excluding hydrogens is 212 g/mol. The molecule has 0 heterocycles. The van der Waals surface area contributed by atoms with Crippen molar-refractivity contribution in [2.24, 2.45) is 0 Å². The highest BCUT2D eigenvalue weighted by atomic mass is 32.2. The van der Waals surface area contributed by atoms with E-state index in [1.165, 1.54) is 14.0 Å². The maximum absolute atomic E-state index is 11.4. The molecule has 15 heavy (non-hydrogen) atoms. The number of hydrogen-bond acceptors (Lipinski definition) is 4. The molecule has 3 nitrogen and oxygen atoms in total. The lowest BCUT2D eigenvalue weighted by Crippen LogP contribution is -2.01. The monoisotopic (exact) mass is 226 g/mol. The number of rotatable bonds is 4. The molecule has 1 aromatic carbocycles. The molecule has 0 saturated carbocycles. The molecule has 0 amide bonds. The Balaban J connectivity index is 3.40. The van der Waals surface area contributed by atoms with Gasteiger partial charge in [-0.1, -0.05) is 0 Å². The SMILES string of the molecule is COc1c(SC)ccc(C(C)=O)c1OC. The third-order valence-corrected chi connectivity index (χ3v) is 2.84.